The third-order valence-corrected chi connectivity index (χ3v) is 4.49. The number of halogens is 2. The Kier molecular flexibility index (Phi) is 5.50. The maximum absolute atomic E-state index is 13.8. The number of hydrogen-bond acceptors (Lipinski definition) is 5. The SMILES string of the molecule is CCCC(c1ccc(F)c(F)c1)n1c(C(=O)OC)c(-c2ccno2)[nH]c1=S. The zero-order chi connectivity index (χ0) is 19.6. The molecule has 6 nitrogen and oxygen atoms in total. The fourth-order valence-corrected chi connectivity index (χ4v) is 3.32. The first kappa shape index (κ1) is 19.0. The molecule has 0 radical (unpaired) electrons. The summed E-state index contributed by atoms with van der Waals surface area (Å²) in [6, 6.07) is 4.71. The minimum absolute atomic E-state index is 0.127. The van der Waals surface area contributed by atoms with Crippen molar-refractivity contribution < 1.29 is 22.8 Å². The van der Waals surface area contributed by atoms with Crippen molar-refractivity contribution in [3.8, 4) is 11.5 Å². The van der Waals surface area contributed by atoms with Gasteiger partial charge in [0.2, 0.25) is 0 Å². The van der Waals surface area contributed by atoms with Crippen LogP contribution in [-0.2, 0) is 4.74 Å². The summed E-state index contributed by atoms with van der Waals surface area (Å²) in [4.78, 5) is 15.5. The van der Waals surface area contributed by atoms with Gasteiger partial charge in [0.05, 0.1) is 19.3 Å². The van der Waals surface area contributed by atoms with E-state index in [1.165, 1.54) is 19.4 Å². The third-order valence-electron chi connectivity index (χ3n) is 4.19. The molecule has 0 aliphatic heterocycles. The average molecular weight is 393 g/mol. The number of carbonyl (C=O) groups excluding carboxylic acids is 1. The maximum atomic E-state index is 13.8. The molecule has 0 fully saturated rings. The van der Waals surface area contributed by atoms with Gasteiger partial charge in [0.25, 0.3) is 0 Å². The second-order valence-corrected chi connectivity index (χ2v) is 6.26. The van der Waals surface area contributed by atoms with Gasteiger partial charge in [-0.1, -0.05) is 24.6 Å². The first-order chi connectivity index (χ1) is 13.0. The molecule has 0 saturated heterocycles. The van der Waals surface area contributed by atoms with E-state index in [0.29, 0.717) is 23.4 Å². The van der Waals surface area contributed by atoms with E-state index in [2.05, 4.69) is 10.1 Å². The largest absolute Gasteiger partial charge is 0.464 e. The van der Waals surface area contributed by atoms with Crippen molar-refractivity contribution in [2.45, 2.75) is 25.8 Å². The van der Waals surface area contributed by atoms with Crippen molar-refractivity contribution in [3.05, 3.63) is 58.1 Å². The molecule has 2 heterocycles. The van der Waals surface area contributed by atoms with Crippen LogP contribution in [0.5, 0.6) is 0 Å². The van der Waals surface area contributed by atoms with E-state index in [0.717, 1.165) is 18.6 Å². The minimum Gasteiger partial charge on any atom is -0.464 e. The summed E-state index contributed by atoms with van der Waals surface area (Å²) in [5, 5.41) is 3.64. The molecule has 1 atom stereocenters. The van der Waals surface area contributed by atoms with Gasteiger partial charge < -0.3 is 18.8 Å². The zero-order valence-electron chi connectivity index (χ0n) is 14.7. The van der Waals surface area contributed by atoms with Crippen molar-refractivity contribution >= 4 is 18.2 Å². The molecule has 1 aromatic carbocycles. The molecule has 0 aliphatic rings. The van der Waals surface area contributed by atoms with Gasteiger partial charge in [-0.2, -0.15) is 0 Å². The molecular weight excluding hydrogens is 376 g/mol. The van der Waals surface area contributed by atoms with Gasteiger partial charge in [-0.15, -0.1) is 0 Å². The van der Waals surface area contributed by atoms with Crippen LogP contribution in [0.1, 0.15) is 41.9 Å². The Balaban J connectivity index is 2.24. The highest BCUT2D eigenvalue weighted by Gasteiger charge is 2.28. The predicted molar refractivity (Wildman–Crippen MR) is 95.9 cm³/mol. The minimum atomic E-state index is -0.967. The van der Waals surface area contributed by atoms with Gasteiger partial charge in [-0.25, -0.2) is 13.6 Å². The number of imidazole rings is 1. The van der Waals surface area contributed by atoms with Crippen LogP contribution in [0.25, 0.3) is 11.5 Å². The van der Waals surface area contributed by atoms with Crippen LogP contribution >= 0.6 is 12.2 Å². The molecule has 3 rings (SSSR count). The van der Waals surface area contributed by atoms with E-state index >= 15 is 0 Å². The van der Waals surface area contributed by atoms with Crippen LogP contribution in [0.15, 0.2) is 35.0 Å². The van der Waals surface area contributed by atoms with Crippen molar-refractivity contribution in [1.82, 2.24) is 14.7 Å². The van der Waals surface area contributed by atoms with E-state index in [4.69, 9.17) is 21.5 Å². The quantitative estimate of drug-likeness (QED) is 0.487. The summed E-state index contributed by atoms with van der Waals surface area (Å²) in [6.45, 7) is 1.94. The number of methoxy groups -OCH3 is 1. The highest BCUT2D eigenvalue weighted by molar-refractivity contribution is 7.71. The molecule has 1 N–H and O–H groups in total. The third kappa shape index (κ3) is 3.55. The smallest absolute Gasteiger partial charge is 0.357 e. The molecule has 9 heteroatoms. The van der Waals surface area contributed by atoms with Crippen molar-refractivity contribution in [1.29, 1.82) is 0 Å². The number of ether oxygens (including phenoxy) is 1. The summed E-state index contributed by atoms with van der Waals surface area (Å²) in [5.41, 5.74) is 0.926. The molecule has 142 valence electrons. The first-order valence-corrected chi connectivity index (χ1v) is 8.67. The van der Waals surface area contributed by atoms with Gasteiger partial charge in [0, 0.05) is 6.07 Å². The fourth-order valence-electron chi connectivity index (χ4n) is 3.00. The molecule has 2 aromatic heterocycles. The molecule has 0 amide bonds. The van der Waals surface area contributed by atoms with E-state index in [-0.39, 0.29) is 10.5 Å². The Hall–Kier alpha value is -2.81. The molecule has 3 aromatic rings. The summed E-state index contributed by atoms with van der Waals surface area (Å²) < 4.78 is 39.0. The lowest BCUT2D eigenvalue weighted by Crippen LogP contribution is -2.18. The van der Waals surface area contributed by atoms with Gasteiger partial charge >= 0.3 is 5.97 Å². The Morgan fingerprint density at radius 3 is 2.74 bits per heavy atom. The normalized spacial score (nSPS) is 12.1. The number of nitrogens with one attached hydrogen (secondary N) is 1. The number of benzene rings is 1. The van der Waals surface area contributed by atoms with E-state index in [1.807, 2.05) is 6.92 Å². The Morgan fingerprint density at radius 2 is 2.15 bits per heavy atom. The van der Waals surface area contributed by atoms with Crippen molar-refractivity contribution in [2.24, 2.45) is 0 Å². The van der Waals surface area contributed by atoms with Gasteiger partial charge in [-0.3, -0.25) is 0 Å². The monoisotopic (exact) mass is 393 g/mol. The van der Waals surface area contributed by atoms with Crippen molar-refractivity contribution in [3.63, 3.8) is 0 Å². The highest BCUT2D eigenvalue weighted by Crippen LogP contribution is 2.32. The fraction of sp³-hybridized carbons (Fsp3) is 0.278. The summed E-state index contributed by atoms with van der Waals surface area (Å²) in [7, 11) is 1.25. The van der Waals surface area contributed by atoms with Crippen LogP contribution < -0.4 is 0 Å². The number of esters is 1. The number of carbonyl (C=O) groups is 1. The lowest BCUT2D eigenvalue weighted by Gasteiger charge is -2.21. The second-order valence-electron chi connectivity index (χ2n) is 5.87. The molecular formula is C18H17F2N3O3S. The highest BCUT2D eigenvalue weighted by atomic mass is 32.1. The molecule has 1 unspecified atom stereocenters. The van der Waals surface area contributed by atoms with Crippen LogP contribution in [0, 0.1) is 16.4 Å². The molecule has 0 aliphatic carbocycles. The molecule has 27 heavy (non-hydrogen) atoms. The van der Waals surface area contributed by atoms with Crippen LogP contribution in [0.4, 0.5) is 8.78 Å². The zero-order valence-corrected chi connectivity index (χ0v) is 15.5. The second kappa shape index (κ2) is 7.83. The number of aromatic nitrogens is 3. The Morgan fingerprint density at radius 1 is 1.37 bits per heavy atom. The molecule has 0 bridgehead atoms. The number of H-pyrrole nitrogens is 1. The Labute approximate surface area is 158 Å². The number of aromatic amines is 1. The van der Waals surface area contributed by atoms with E-state index in [9.17, 15) is 13.6 Å². The van der Waals surface area contributed by atoms with Crippen LogP contribution in [-0.4, -0.2) is 27.8 Å². The average Bonchev–Trinajstić information content (AvgIpc) is 3.29. The standard InChI is InChI=1S/C18H17F2N3O3S/c1-3-4-13(10-5-6-11(19)12(20)9-10)23-16(17(24)25-2)15(22-18(23)27)14-7-8-21-26-14/h5-9,13H,3-4H2,1-2H3,(H,22,27). The summed E-state index contributed by atoms with van der Waals surface area (Å²) in [5.74, 6) is -2.24. The van der Waals surface area contributed by atoms with Gasteiger partial charge in [0.1, 0.15) is 5.69 Å². The lowest BCUT2D eigenvalue weighted by atomic mass is 10.0. The summed E-state index contributed by atoms with van der Waals surface area (Å²) in [6.07, 6.45) is 2.69. The number of nitrogens with zero attached hydrogens (tertiary/aromatic N) is 2. The van der Waals surface area contributed by atoms with Crippen LogP contribution in [0.2, 0.25) is 0 Å². The van der Waals surface area contributed by atoms with Crippen molar-refractivity contribution in [2.75, 3.05) is 7.11 Å². The van der Waals surface area contributed by atoms with E-state index < -0.39 is 23.6 Å². The topological polar surface area (TPSA) is 73.1 Å². The van der Waals surface area contributed by atoms with E-state index in [1.54, 1.807) is 10.6 Å². The van der Waals surface area contributed by atoms with Gasteiger partial charge in [-0.05, 0) is 36.3 Å². The Bertz CT molecular complexity index is 1010. The van der Waals surface area contributed by atoms with Crippen LogP contribution in [0.3, 0.4) is 0 Å². The molecule has 0 saturated carbocycles. The first-order valence-electron chi connectivity index (χ1n) is 8.26. The molecule has 0 spiro atoms. The van der Waals surface area contributed by atoms with Gasteiger partial charge in [0.15, 0.2) is 27.9 Å². The lowest BCUT2D eigenvalue weighted by molar-refractivity contribution is 0.0587. The number of hydrogen-bond donors (Lipinski definition) is 1. The number of rotatable bonds is 6. The predicted octanol–water partition coefficient (Wildman–Crippen LogP) is 4.65. The summed E-state index contributed by atoms with van der Waals surface area (Å²) >= 11 is 5.42. The maximum Gasteiger partial charge on any atom is 0.357 e.